The quantitative estimate of drug-likeness (QED) is 0.274. The monoisotopic (exact) mass is 549 g/mol. The molecule has 3 aromatic carbocycles. The number of hydrogen-bond donors (Lipinski definition) is 3. The van der Waals surface area contributed by atoms with E-state index in [9.17, 15) is 14.4 Å². The molecule has 0 saturated carbocycles. The lowest BCUT2D eigenvalue weighted by molar-refractivity contribution is -0.142. The van der Waals surface area contributed by atoms with Gasteiger partial charge in [0, 0.05) is 17.5 Å². The van der Waals surface area contributed by atoms with Crippen molar-refractivity contribution in [2.45, 2.75) is 71.7 Å². The minimum Gasteiger partial charge on any atom is -0.444 e. The van der Waals surface area contributed by atoms with Gasteiger partial charge in [0.25, 0.3) is 5.91 Å². The van der Waals surface area contributed by atoms with Crippen LogP contribution in [0.3, 0.4) is 0 Å². The fraction of sp³-hybridized carbons (Fsp3) is 0.387. The maximum Gasteiger partial charge on any atom is 0.408 e. The van der Waals surface area contributed by atoms with Gasteiger partial charge in [-0.3, -0.25) is 9.59 Å². The third-order valence-electron chi connectivity index (χ3n) is 6.52. The first-order chi connectivity index (χ1) is 18.4. The van der Waals surface area contributed by atoms with Gasteiger partial charge in [-0.15, -0.1) is 0 Å². The largest absolute Gasteiger partial charge is 0.444 e. The van der Waals surface area contributed by atoms with Gasteiger partial charge in [0.1, 0.15) is 17.7 Å². The number of ether oxygens (including phenoxy) is 1. The molecule has 0 fully saturated rings. The summed E-state index contributed by atoms with van der Waals surface area (Å²) in [7, 11) is 0. The molecule has 3 aromatic rings. The molecule has 3 unspecified atom stereocenters. The van der Waals surface area contributed by atoms with Gasteiger partial charge in [-0.1, -0.05) is 61.5 Å². The number of carbonyl (C=O) groups is 3. The van der Waals surface area contributed by atoms with Crippen molar-refractivity contribution < 1.29 is 19.1 Å². The van der Waals surface area contributed by atoms with Crippen molar-refractivity contribution in [3.8, 4) is 0 Å². The Balaban J connectivity index is 2.02. The summed E-state index contributed by atoms with van der Waals surface area (Å²) < 4.78 is 5.38. The van der Waals surface area contributed by atoms with E-state index >= 15 is 0 Å². The molecule has 208 valence electrons. The molecule has 3 amide bonds. The maximum absolute atomic E-state index is 14.1. The minimum atomic E-state index is -0.989. The highest BCUT2D eigenvalue weighted by Gasteiger charge is 2.38. The van der Waals surface area contributed by atoms with Crippen molar-refractivity contribution in [2.75, 3.05) is 11.1 Å². The van der Waals surface area contributed by atoms with Crippen LogP contribution in [-0.2, 0) is 14.3 Å². The number of anilines is 1. The van der Waals surface area contributed by atoms with Crippen LogP contribution in [0.15, 0.2) is 66.7 Å². The zero-order valence-corrected chi connectivity index (χ0v) is 24.4. The van der Waals surface area contributed by atoms with Crippen molar-refractivity contribution >= 4 is 47.0 Å². The Morgan fingerprint density at radius 2 is 1.62 bits per heavy atom. The predicted molar refractivity (Wildman–Crippen MR) is 160 cm³/mol. The number of rotatable bonds is 9. The zero-order chi connectivity index (χ0) is 28.7. The molecule has 0 heterocycles. The van der Waals surface area contributed by atoms with Crippen LogP contribution in [0.4, 0.5) is 10.5 Å². The molecule has 0 aliphatic rings. The van der Waals surface area contributed by atoms with Gasteiger partial charge >= 0.3 is 6.09 Å². The number of aryl methyl sites for hydroxylation is 1. The molecule has 0 bridgehead atoms. The number of carbonyl (C=O) groups excluding carboxylic acids is 3. The average Bonchev–Trinajstić information content (AvgIpc) is 2.89. The van der Waals surface area contributed by atoms with Crippen LogP contribution in [0.25, 0.3) is 10.8 Å². The van der Waals surface area contributed by atoms with Gasteiger partial charge in [0.05, 0.1) is 0 Å². The Morgan fingerprint density at radius 3 is 2.23 bits per heavy atom. The molecule has 0 aliphatic heterocycles. The van der Waals surface area contributed by atoms with E-state index in [1.165, 1.54) is 0 Å². The highest BCUT2D eigenvalue weighted by Crippen LogP contribution is 2.30. The van der Waals surface area contributed by atoms with Crippen molar-refractivity contribution in [1.82, 2.24) is 10.2 Å². The molecule has 8 heteroatoms. The topological polar surface area (TPSA) is 87.7 Å². The summed E-state index contributed by atoms with van der Waals surface area (Å²) in [6.45, 7) is 11.0. The number of nitrogens with zero attached hydrogens (tertiary/aromatic N) is 1. The molecule has 7 nitrogen and oxygen atoms in total. The van der Waals surface area contributed by atoms with Crippen LogP contribution < -0.4 is 10.6 Å². The fourth-order valence-corrected chi connectivity index (χ4v) is 4.65. The summed E-state index contributed by atoms with van der Waals surface area (Å²) in [5.74, 6) is -0.715. The number of hydrogen-bond acceptors (Lipinski definition) is 5. The Kier molecular flexibility index (Phi) is 10.0. The van der Waals surface area contributed by atoms with Gasteiger partial charge in [-0.05, 0) is 75.1 Å². The van der Waals surface area contributed by atoms with Crippen LogP contribution in [0, 0.1) is 6.92 Å². The standard InChI is InChI=1S/C31H39N3O4S/c1-7-21(3)34(29(36)26(19-39)33-30(37)38-31(4,5)6)27(25-15-11-8-12-20(25)2)28(35)32-24-17-16-22-13-9-10-14-23(22)18-24/h8-18,21,26-27,39H,7,19H2,1-6H3,(H,32,35)(H,33,37). The molecular formula is C31H39N3O4S. The molecule has 0 radical (unpaired) electrons. The zero-order valence-electron chi connectivity index (χ0n) is 23.5. The van der Waals surface area contributed by atoms with Crippen molar-refractivity contribution in [3.63, 3.8) is 0 Å². The summed E-state index contributed by atoms with van der Waals surface area (Å²) in [5.41, 5.74) is 1.49. The Labute approximate surface area is 236 Å². The number of thiol groups is 1. The van der Waals surface area contributed by atoms with E-state index in [0.29, 0.717) is 17.7 Å². The van der Waals surface area contributed by atoms with E-state index < -0.39 is 29.7 Å². The van der Waals surface area contributed by atoms with Crippen LogP contribution in [-0.4, -0.2) is 46.2 Å². The third kappa shape index (κ3) is 7.76. The van der Waals surface area contributed by atoms with Gasteiger partial charge in [-0.25, -0.2) is 4.79 Å². The summed E-state index contributed by atoms with van der Waals surface area (Å²) in [6.07, 6.45) is -0.115. The molecule has 0 aromatic heterocycles. The highest BCUT2D eigenvalue weighted by molar-refractivity contribution is 7.80. The number of fused-ring (bicyclic) bond motifs is 1. The molecule has 3 rings (SSSR count). The number of benzene rings is 3. The predicted octanol–water partition coefficient (Wildman–Crippen LogP) is 6.28. The summed E-state index contributed by atoms with van der Waals surface area (Å²) >= 11 is 4.36. The minimum absolute atomic E-state index is 0.0395. The molecule has 39 heavy (non-hydrogen) atoms. The molecule has 3 atom stereocenters. The first kappa shape index (κ1) is 30.0. The molecule has 0 saturated heterocycles. The van der Waals surface area contributed by atoms with E-state index in [0.717, 1.165) is 16.3 Å². The number of alkyl carbamates (subject to hydrolysis) is 1. The Morgan fingerprint density at radius 1 is 0.974 bits per heavy atom. The molecule has 2 N–H and O–H groups in total. The molecule has 0 spiro atoms. The second kappa shape index (κ2) is 13.0. The lowest BCUT2D eigenvalue weighted by Crippen LogP contribution is -2.55. The van der Waals surface area contributed by atoms with Crippen molar-refractivity contribution in [3.05, 3.63) is 77.9 Å². The second-order valence-corrected chi connectivity index (χ2v) is 11.1. The molecular weight excluding hydrogens is 510 g/mol. The van der Waals surface area contributed by atoms with Crippen molar-refractivity contribution in [1.29, 1.82) is 0 Å². The lowest BCUT2D eigenvalue weighted by Gasteiger charge is -2.38. The van der Waals surface area contributed by atoms with Crippen LogP contribution in [0.1, 0.15) is 58.2 Å². The van der Waals surface area contributed by atoms with Crippen LogP contribution in [0.2, 0.25) is 0 Å². The van der Waals surface area contributed by atoms with E-state index in [-0.39, 0.29) is 17.7 Å². The van der Waals surface area contributed by atoms with E-state index in [4.69, 9.17) is 4.74 Å². The second-order valence-electron chi connectivity index (χ2n) is 10.7. The van der Waals surface area contributed by atoms with E-state index in [2.05, 4.69) is 23.3 Å². The van der Waals surface area contributed by atoms with Crippen LogP contribution >= 0.6 is 12.6 Å². The first-order valence-electron chi connectivity index (χ1n) is 13.2. The highest BCUT2D eigenvalue weighted by atomic mass is 32.1. The Hall–Kier alpha value is -3.52. The number of nitrogens with one attached hydrogen (secondary N) is 2. The Bertz CT molecular complexity index is 1320. The van der Waals surface area contributed by atoms with E-state index in [1.54, 1.807) is 25.7 Å². The SMILES string of the molecule is CCC(C)N(C(=O)C(CS)NC(=O)OC(C)(C)C)C(C(=O)Nc1ccc2ccccc2c1)c1ccccc1C. The first-order valence-corrected chi connectivity index (χ1v) is 13.9. The average molecular weight is 550 g/mol. The van der Waals surface area contributed by atoms with Gasteiger partial charge in [0.15, 0.2) is 0 Å². The smallest absolute Gasteiger partial charge is 0.408 e. The summed E-state index contributed by atoms with van der Waals surface area (Å²) in [5, 5.41) is 7.75. The van der Waals surface area contributed by atoms with Gasteiger partial charge in [-0.2, -0.15) is 12.6 Å². The summed E-state index contributed by atoms with van der Waals surface area (Å²) in [4.78, 5) is 42.2. The lowest BCUT2D eigenvalue weighted by atomic mass is 9.96. The van der Waals surface area contributed by atoms with E-state index in [1.807, 2.05) is 87.5 Å². The maximum atomic E-state index is 14.1. The summed E-state index contributed by atoms with van der Waals surface area (Å²) in [6, 6.07) is 18.9. The van der Waals surface area contributed by atoms with Gasteiger partial charge in [0.2, 0.25) is 5.91 Å². The fourth-order valence-electron chi connectivity index (χ4n) is 4.40. The third-order valence-corrected chi connectivity index (χ3v) is 6.88. The molecule has 0 aliphatic carbocycles. The normalized spacial score (nSPS) is 13.7. The van der Waals surface area contributed by atoms with Crippen LogP contribution in [0.5, 0.6) is 0 Å². The van der Waals surface area contributed by atoms with Gasteiger partial charge < -0.3 is 20.3 Å². The van der Waals surface area contributed by atoms with Crippen molar-refractivity contribution in [2.24, 2.45) is 0 Å². The number of amides is 3.